The Morgan fingerprint density at radius 2 is 1.12 bits per heavy atom. The van der Waals surface area contributed by atoms with E-state index >= 15 is 0 Å². The van der Waals surface area contributed by atoms with Crippen LogP contribution in [0.3, 0.4) is 0 Å². The van der Waals surface area contributed by atoms with Crippen LogP contribution >= 0.6 is 0 Å². The molecule has 1 atom stereocenters. The molecule has 270 valence electrons. The summed E-state index contributed by atoms with van der Waals surface area (Å²) < 4.78 is 2.45. The smallest absolute Gasteiger partial charge is 0.0917 e. The first-order valence-electron chi connectivity index (χ1n) is 20.0. The number of nitrogens with zero attached hydrogens (tertiary/aromatic N) is 3. The van der Waals surface area contributed by atoms with E-state index in [0.29, 0.717) is 5.92 Å². The maximum Gasteiger partial charge on any atom is 0.0917 e. The normalized spacial score (nSPS) is 14.2. The Bertz CT molecular complexity index is 2900. The minimum Gasteiger partial charge on any atom is -0.311 e. The van der Waals surface area contributed by atoms with E-state index < -0.39 is 0 Å². The van der Waals surface area contributed by atoms with Crippen LogP contribution in [0.4, 0.5) is 5.69 Å². The molecule has 0 radical (unpaired) electrons. The van der Waals surface area contributed by atoms with Crippen LogP contribution in [0.2, 0.25) is 0 Å². The molecule has 11 rings (SSSR count). The zero-order chi connectivity index (χ0) is 37.7. The van der Waals surface area contributed by atoms with Gasteiger partial charge in [0, 0.05) is 40.0 Å². The Balaban J connectivity index is 0.993. The molecular weight excluding hydrogens is 691 g/mol. The van der Waals surface area contributed by atoms with Gasteiger partial charge >= 0.3 is 0 Å². The first kappa shape index (κ1) is 33.3. The molecule has 3 heteroatoms. The summed E-state index contributed by atoms with van der Waals surface area (Å²) in [7, 11) is 0. The van der Waals surface area contributed by atoms with Crippen molar-refractivity contribution in [2.75, 3.05) is 0 Å². The van der Waals surface area contributed by atoms with E-state index in [1.54, 1.807) is 0 Å². The van der Waals surface area contributed by atoms with E-state index in [-0.39, 0.29) is 0 Å². The summed E-state index contributed by atoms with van der Waals surface area (Å²) in [5, 5.41) is 1.19. The van der Waals surface area contributed by atoms with Crippen molar-refractivity contribution in [2.24, 2.45) is 4.99 Å². The molecule has 2 aliphatic rings. The Labute approximate surface area is 333 Å². The Hall–Kier alpha value is -7.10. The third-order valence-electron chi connectivity index (χ3n) is 11.9. The third-order valence-corrected chi connectivity index (χ3v) is 11.9. The van der Waals surface area contributed by atoms with Crippen LogP contribution in [-0.4, -0.2) is 15.8 Å². The van der Waals surface area contributed by atoms with Gasteiger partial charge in [0.05, 0.1) is 22.6 Å². The van der Waals surface area contributed by atoms with E-state index in [2.05, 4.69) is 199 Å². The third kappa shape index (κ3) is 5.91. The van der Waals surface area contributed by atoms with Crippen molar-refractivity contribution in [2.45, 2.75) is 25.2 Å². The summed E-state index contributed by atoms with van der Waals surface area (Å²) in [5.74, 6) is 0.356. The number of aliphatic imine (C=N–C) groups is 1. The molecule has 0 saturated carbocycles. The van der Waals surface area contributed by atoms with Crippen LogP contribution in [0.5, 0.6) is 0 Å². The molecule has 0 N–H and O–H groups in total. The summed E-state index contributed by atoms with van der Waals surface area (Å²) in [6.45, 7) is 0. The molecule has 0 saturated heterocycles. The molecule has 0 spiro atoms. The van der Waals surface area contributed by atoms with Crippen molar-refractivity contribution in [1.29, 1.82) is 0 Å². The van der Waals surface area contributed by atoms with E-state index in [0.717, 1.165) is 64.3 Å². The summed E-state index contributed by atoms with van der Waals surface area (Å²) in [6.07, 6.45) is 4.96. The topological polar surface area (TPSA) is 30.2 Å². The predicted molar refractivity (Wildman–Crippen MR) is 237 cm³/mol. The maximum absolute atomic E-state index is 5.11. The number of hydrogen-bond acceptors (Lipinski definition) is 2. The molecule has 0 fully saturated rings. The van der Waals surface area contributed by atoms with Crippen LogP contribution in [0.25, 0.3) is 72.5 Å². The van der Waals surface area contributed by atoms with Crippen molar-refractivity contribution in [3.8, 4) is 61.6 Å². The Morgan fingerprint density at radius 1 is 0.491 bits per heavy atom. The van der Waals surface area contributed by atoms with Gasteiger partial charge in [-0.3, -0.25) is 4.99 Å². The molecule has 2 aromatic heterocycles. The summed E-state index contributed by atoms with van der Waals surface area (Å²) in [5.41, 5.74) is 20.4. The Kier molecular flexibility index (Phi) is 8.10. The van der Waals surface area contributed by atoms with Gasteiger partial charge in [-0.2, -0.15) is 0 Å². The lowest BCUT2D eigenvalue weighted by atomic mass is 9.75. The average molecular weight is 730 g/mol. The standard InChI is InChI=1S/C54H39N3/c1-4-13-37(14-5-1)48-32-42-23-22-40(31-49(42)46-20-11-10-19-45(46)48)41-26-29-47-53(35-41)57(52-21-12-30-55-54(47)52)44-27-24-36(25-28-44)43-33-50(38-15-6-2-7-16-38)56-51(34-43)39-17-8-3-9-18-39/h1-11,13-20,22-31,33-35,48H,12,21,32H2/t48-/m0/s1. The van der Waals surface area contributed by atoms with Gasteiger partial charge in [0.15, 0.2) is 0 Å². The van der Waals surface area contributed by atoms with Gasteiger partial charge < -0.3 is 4.57 Å². The first-order chi connectivity index (χ1) is 28.2. The fraction of sp³-hybridized carbons (Fsp3) is 0.0741. The molecule has 57 heavy (non-hydrogen) atoms. The molecule has 3 nitrogen and oxygen atoms in total. The largest absolute Gasteiger partial charge is 0.311 e. The van der Waals surface area contributed by atoms with Gasteiger partial charge in [0.1, 0.15) is 0 Å². The lowest BCUT2D eigenvalue weighted by molar-refractivity contribution is 0.794. The SMILES string of the molecule is C1=Nc2c(n(-c3ccc(-c4cc(-c5ccccc5)nc(-c5ccccc5)c4)cc3)c3cc(-c4ccc5c(c4)-c4ccccc4[C@H](c4ccccc4)C5)ccc23)CC1. The summed E-state index contributed by atoms with van der Waals surface area (Å²) >= 11 is 0. The minimum absolute atomic E-state index is 0.356. The Morgan fingerprint density at radius 3 is 1.86 bits per heavy atom. The van der Waals surface area contributed by atoms with Gasteiger partial charge in [-0.25, -0.2) is 4.98 Å². The second kappa shape index (κ2) is 13.9. The molecular formula is C54H39N3. The molecule has 1 aliphatic heterocycles. The second-order valence-electron chi connectivity index (χ2n) is 15.2. The molecule has 3 heterocycles. The fourth-order valence-electron chi connectivity index (χ4n) is 9.09. The highest BCUT2D eigenvalue weighted by atomic mass is 15.0. The van der Waals surface area contributed by atoms with Crippen molar-refractivity contribution in [3.05, 3.63) is 210 Å². The quantitative estimate of drug-likeness (QED) is 0.168. The van der Waals surface area contributed by atoms with Gasteiger partial charge in [0.25, 0.3) is 0 Å². The maximum atomic E-state index is 5.11. The number of aromatic nitrogens is 2. The minimum atomic E-state index is 0.356. The fourth-order valence-corrected chi connectivity index (χ4v) is 9.09. The molecule has 0 unspecified atom stereocenters. The predicted octanol–water partition coefficient (Wildman–Crippen LogP) is 13.7. The summed E-state index contributed by atoms with van der Waals surface area (Å²) in [4.78, 5) is 10.1. The van der Waals surface area contributed by atoms with Crippen LogP contribution in [0.1, 0.15) is 34.7 Å². The highest BCUT2D eigenvalue weighted by molar-refractivity contribution is 5.99. The highest BCUT2D eigenvalue weighted by Crippen LogP contribution is 2.45. The van der Waals surface area contributed by atoms with Crippen LogP contribution < -0.4 is 0 Å². The highest BCUT2D eigenvalue weighted by Gasteiger charge is 2.26. The number of pyridine rings is 1. The van der Waals surface area contributed by atoms with E-state index in [1.165, 1.54) is 55.5 Å². The zero-order valence-electron chi connectivity index (χ0n) is 31.5. The van der Waals surface area contributed by atoms with Gasteiger partial charge in [-0.15, -0.1) is 0 Å². The lowest BCUT2D eigenvalue weighted by Gasteiger charge is -2.29. The number of benzene rings is 7. The second-order valence-corrected chi connectivity index (χ2v) is 15.2. The van der Waals surface area contributed by atoms with Crippen LogP contribution in [0, 0.1) is 0 Å². The zero-order valence-corrected chi connectivity index (χ0v) is 31.5. The van der Waals surface area contributed by atoms with Gasteiger partial charge in [-0.1, -0.05) is 152 Å². The van der Waals surface area contributed by atoms with E-state index in [4.69, 9.17) is 9.98 Å². The molecule has 1 aliphatic carbocycles. The number of fused-ring (bicyclic) bond motifs is 6. The lowest BCUT2D eigenvalue weighted by Crippen LogP contribution is -2.12. The van der Waals surface area contributed by atoms with Gasteiger partial charge in [-0.05, 0) is 106 Å². The van der Waals surface area contributed by atoms with E-state index in [9.17, 15) is 0 Å². The van der Waals surface area contributed by atoms with Crippen molar-refractivity contribution in [1.82, 2.24) is 9.55 Å². The average Bonchev–Trinajstić information content (AvgIpc) is 3.63. The molecule has 7 aromatic carbocycles. The van der Waals surface area contributed by atoms with Crippen molar-refractivity contribution < 1.29 is 0 Å². The van der Waals surface area contributed by atoms with Crippen molar-refractivity contribution >= 4 is 22.8 Å². The molecule has 0 amide bonds. The van der Waals surface area contributed by atoms with Crippen LogP contribution in [-0.2, 0) is 12.8 Å². The van der Waals surface area contributed by atoms with Gasteiger partial charge in [0.2, 0.25) is 0 Å². The number of rotatable bonds is 6. The molecule has 0 bridgehead atoms. The van der Waals surface area contributed by atoms with Crippen LogP contribution in [0.15, 0.2) is 193 Å². The van der Waals surface area contributed by atoms with E-state index in [1.807, 2.05) is 0 Å². The number of hydrogen-bond donors (Lipinski definition) is 0. The first-order valence-corrected chi connectivity index (χ1v) is 20.0. The molecule has 9 aromatic rings. The summed E-state index contributed by atoms with van der Waals surface area (Å²) in [6, 6.07) is 68.4. The van der Waals surface area contributed by atoms with Crippen molar-refractivity contribution in [3.63, 3.8) is 0 Å². The monoisotopic (exact) mass is 729 g/mol.